The molecule has 0 amide bonds. The van der Waals surface area contributed by atoms with Gasteiger partial charge in [0, 0.05) is 5.02 Å². The van der Waals surface area contributed by atoms with E-state index < -0.39 is 0 Å². The van der Waals surface area contributed by atoms with Crippen molar-refractivity contribution in [2.75, 3.05) is 0 Å². The second kappa shape index (κ2) is 3.43. The van der Waals surface area contributed by atoms with E-state index in [9.17, 15) is 0 Å². The van der Waals surface area contributed by atoms with Crippen molar-refractivity contribution >= 4 is 11.6 Å². The number of nitrogens with two attached hydrogens (primary N) is 1. The van der Waals surface area contributed by atoms with Gasteiger partial charge in [-0.2, -0.15) is 0 Å². The molecule has 0 radical (unpaired) electrons. The lowest BCUT2D eigenvalue weighted by Crippen LogP contribution is -2.06. The predicted octanol–water partition coefficient (Wildman–Crippen LogP) is 1.97. The Bertz CT molecular complexity index is 271. The Morgan fingerprint density at radius 2 is 1.91 bits per heavy atom. The van der Waals surface area contributed by atoms with Gasteiger partial charge >= 0.3 is 0 Å². The van der Waals surface area contributed by atoms with Crippen molar-refractivity contribution in [1.82, 2.24) is 0 Å². The van der Waals surface area contributed by atoms with E-state index in [1.54, 1.807) is 12.1 Å². The number of rotatable bonds is 1. The van der Waals surface area contributed by atoms with Gasteiger partial charge in [-0.25, -0.2) is 0 Å². The van der Waals surface area contributed by atoms with Crippen LogP contribution in [0, 0.1) is 12.3 Å². The summed E-state index contributed by atoms with van der Waals surface area (Å²) >= 11 is 5.67. The van der Waals surface area contributed by atoms with Crippen LogP contribution in [0.5, 0.6) is 0 Å². The lowest BCUT2D eigenvalue weighted by atomic mass is 10.1. The fourth-order valence-corrected chi connectivity index (χ4v) is 0.892. The topological polar surface area (TPSA) is 26.0 Å². The van der Waals surface area contributed by atoms with Crippen LogP contribution in [0.25, 0.3) is 0 Å². The van der Waals surface area contributed by atoms with Crippen LogP contribution in [0.2, 0.25) is 5.02 Å². The third kappa shape index (κ3) is 1.98. The predicted molar refractivity (Wildman–Crippen MR) is 47.2 cm³/mol. The van der Waals surface area contributed by atoms with E-state index >= 15 is 0 Å². The normalized spacial score (nSPS) is 12.1. The second-order valence-corrected chi connectivity index (χ2v) is 2.63. The molecule has 11 heavy (non-hydrogen) atoms. The molecule has 56 valence electrons. The molecule has 2 N–H and O–H groups in total. The number of halogens is 1. The van der Waals surface area contributed by atoms with E-state index in [1.807, 2.05) is 12.1 Å². The van der Waals surface area contributed by atoms with Gasteiger partial charge in [0.1, 0.15) is 0 Å². The molecule has 0 aliphatic carbocycles. The van der Waals surface area contributed by atoms with Crippen molar-refractivity contribution in [3.63, 3.8) is 0 Å². The highest BCUT2D eigenvalue weighted by molar-refractivity contribution is 6.30. The molecule has 1 atom stereocenters. The van der Waals surface area contributed by atoms with E-state index in [-0.39, 0.29) is 6.04 Å². The minimum Gasteiger partial charge on any atom is -0.314 e. The molecule has 0 bridgehead atoms. The molecule has 1 aromatic carbocycles. The summed E-state index contributed by atoms with van der Waals surface area (Å²) in [7, 11) is 0. The van der Waals surface area contributed by atoms with Gasteiger partial charge in [0.25, 0.3) is 0 Å². The van der Waals surface area contributed by atoms with Crippen LogP contribution in [0.1, 0.15) is 11.6 Å². The zero-order chi connectivity index (χ0) is 8.27. The van der Waals surface area contributed by atoms with E-state index in [0.717, 1.165) is 5.56 Å². The van der Waals surface area contributed by atoms with Gasteiger partial charge in [-0.3, -0.25) is 0 Å². The van der Waals surface area contributed by atoms with Crippen LogP contribution in [-0.2, 0) is 0 Å². The van der Waals surface area contributed by atoms with E-state index in [0.29, 0.717) is 5.02 Å². The van der Waals surface area contributed by atoms with Crippen LogP contribution < -0.4 is 5.73 Å². The molecule has 0 aliphatic heterocycles. The highest BCUT2D eigenvalue weighted by Crippen LogP contribution is 2.13. The molecule has 0 fully saturated rings. The lowest BCUT2D eigenvalue weighted by Gasteiger charge is -2.02. The number of hydrogen-bond donors (Lipinski definition) is 1. The molecular formula is C9H8ClN. The third-order valence-electron chi connectivity index (χ3n) is 1.41. The second-order valence-electron chi connectivity index (χ2n) is 2.20. The first-order chi connectivity index (χ1) is 5.24. The molecule has 0 heterocycles. The SMILES string of the molecule is C#C[C@H](N)c1ccc(Cl)cc1. The van der Waals surface area contributed by atoms with Crippen LogP contribution in [-0.4, -0.2) is 0 Å². The average molecular weight is 166 g/mol. The summed E-state index contributed by atoms with van der Waals surface area (Å²) in [6, 6.07) is 6.87. The van der Waals surface area contributed by atoms with Crippen molar-refractivity contribution in [3.8, 4) is 12.3 Å². The van der Waals surface area contributed by atoms with Gasteiger partial charge in [-0.05, 0) is 17.7 Å². The molecule has 0 aromatic heterocycles. The first-order valence-corrected chi connectivity index (χ1v) is 3.59. The van der Waals surface area contributed by atoms with E-state index in [2.05, 4.69) is 5.92 Å². The Morgan fingerprint density at radius 3 is 2.36 bits per heavy atom. The zero-order valence-corrected chi connectivity index (χ0v) is 6.68. The Labute approximate surface area is 71.2 Å². The van der Waals surface area contributed by atoms with Crippen LogP contribution in [0.15, 0.2) is 24.3 Å². The summed E-state index contributed by atoms with van der Waals surface area (Å²) in [5.74, 6) is 2.44. The molecule has 1 aromatic rings. The maximum atomic E-state index is 5.67. The van der Waals surface area contributed by atoms with Crippen molar-refractivity contribution in [1.29, 1.82) is 0 Å². The van der Waals surface area contributed by atoms with Crippen LogP contribution in [0.4, 0.5) is 0 Å². The first kappa shape index (κ1) is 8.13. The average Bonchev–Trinajstić information content (AvgIpc) is 2.05. The van der Waals surface area contributed by atoms with E-state index in [4.69, 9.17) is 23.8 Å². The first-order valence-electron chi connectivity index (χ1n) is 3.21. The van der Waals surface area contributed by atoms with Crippen molar-refractivity contribution in [2.45, 2.75) is 6.04 Å². The minimum absolute atomic E-state index is 0.327. The van der Waals surface area contributed by atoms with Crippen molar-refractivity contribution < 1.29 is 0 Å². The molecule has 1 rings (SSSR count). The molecule has 0 aliphatic rings. The molecule has 0 unspecified atom stereocenters. The Morgan fingerprint density at radius 1 is 1.36 bits per heavy atom. The van der Waals surface area contributed by atoms with Crippen LogP contribution in [0.3, 0.4) is 0 Å². The molecular weight excluding hydrogens is 158 g/mol. The fraction of sp³-hybridized carbons (Fsp3) is 0.111. The lowest BCUT2D eigenvalue weighted by molar-refractivity contribution is 0.947. The highest BCUT2D eigenvalue weighted by Gasteiger charge is 1.99. The standard InChI is InChI=1S/C9H8ClN/c1-2-9(11)7-3-5-8(10)6-4-7/h1,3-6,9H,11H2/t9-/m0/s1. The van der Waals surface area contributed by atoms with E-state index in [1.165, 1.54) is 0 Å². The summed E-state index contributed by atoms with van der Waals surface area (Å²) in [6.07, 6.45) is 5.13. The van der Waals surface area contributed by atoms with Gasteiger partial charge in [-0.1, -0.05) is 29.7 Å². The Balaban J connectivity index is 2.92. The monoisotopic (exact) mass is 165 g/mol. The molecule has 0 saturated heterocycles. The maximum Gasteiger partial charge on any atom is 0.0918 e. The summed E-state index contributed by atoms with van der Waals surface area (Å²) in [6.45, 7) is 0. The fourth-order valence-electron chi connectivity index (χ4n) is 0.766. The minimum atomic E-state index is -0.327. The maximum absolute atomic E-state index is 5.67. The number of hydrogen-bond acceptors (Lipinski definition) is 1. The summed E-state index contributed by atoms with van der Waals surface area (Å²) in [5.41, 5.74) is 6.48. The Hall–Kier alpha value is -0.970. The van der Waals surface area contributed by atoms with Crippen molar-refractivity contribution in [2.24, 2.45) is 5.73 Å². The molecule has 0 saturated carbocycles. The van der Waals surface area contributed by atoms with Crippen molar-refractivity contribution in [3.05, 3.63) is 34.9 Å². The van der Waals surface area contributed by atoms with Gasteiger partial charge in [-0.15, -0.1) is 6.42 Å². The molecule has 0 spiro atoms. The Kier molecular flexibility index (Phi) is 2.53. The summed E-state index contributed by atoms with van der Waals surface area (Å²) < 4.78 is 0. The number of terminal acetylenes is 1. The quantitative estimate of drug-likeness (QED) is 0.633. The number of benzene rings is 1. The van der Waals surface area contributed by atoms with Gasteiger partial charge in [0.15, 0.2) is 0 Å². The van der Waals surface area contributed by atoms with Gasteiger partial charge in [0.05, 0.1) is 6.04 Å². The third-order valence-corrected chi connectivity index (χ3v) is 1.66. The summed E-state index contributed by atoms with van der Waals surface area (Å²) in [4.78, 5) is 0. The van der Waals surface area contributed by atoms with Crippen LogP contribution >= 0.6 is 11.6 Å². The highest BCUT2D eigenvalue weighted by atomic mass is 35.5. The van der Waals surface area contributed by atoms with Gasteiger partial charge in [0.2, 0.25) is 0 Å². The summed E-state index contributed by atoms with van der Waals surface area (Å²) in [5, 5.41) is 0.693. The van der Waals surface area contributed by atoms with Gasteiger partial charge < -0.3 is 5.73 Å². The smallest absolute Gasteiger partial charge is 0.0918 e. The molecule has 1 nitrogen and oxygen atoms in total. The largest absolute Gasteiger partial charge is 0.314 e. The molecule has 2 heteroatoms. The zero-order valence-electron chi connectivity index (χ0n) is 5.92.